The second-order valence-corrected chi connectivity index (χ2v) is 6.58. The van der Waals surface area contributed by atoms with Crippen LogP contribution in [0, 0.1) is 0 Å². The first-order valence-electron chi connectivity index (χ1n) is 6.13. The van der Waals surface area contributed by atoms with E-state index in [0.29, 0.717) is 16.3 Å². The van der Waals surface area contributed by atoms with Gasteiger partial charge in [0.05, 0.1) is 27.4 Å². The molecule has 2 aromatic rings. The van der Waals surface area contributed by atoms with Gasteiger partial charge in [-0.1, -0.05) is 12.1 Å². The first-order chi connectivity index (χ1) is 10.1. The molecule has 1 aromatic carbocycles. The smallest absolute Gasteiger partial charge is 0.265 e. The summed E-state index contributed by atoms with van der Waals surface area (Å²) in [6, 6.07) is 10.6. The molecule has 0 atom stereocenters. The third kappa shape index (κ3) is 4.57. The zero-order valence-electron chi connectivity index (χ0n) is 11.0. The van der Waals surface area contributed by atoms with E-state index in [-0.39, 0.29) is 18.9 Å². The topological polar surface area (TPSA) is 81.4 Å². The van der Waals surface area contributed by atoms with Crippen LogP contribution in [0.1, 0.15) is 16.1 Å². The number of para-hydroxylation sites is 2. The van der Waals surface area contributed by atoms with Gasteiger partial charge in [0, 0.05) is 0 Å². The number of carbonyl (C=O) groups is 2. The molecule has 1 heterocycles. The number of hydrogen-bond acceptors (Lipinski definition) is 4. The van der Waals surface area contributed by atoms with E-state index in [1.54, 1.807) is 30.3 Å². The summed E-state index contributed by atoms with van der Waals surface area (Å²) in [5, 5.41) is 2.79. The van der Waals surface area contributed by atoms with Gasteiger partial charge in [-0.3, -0.25) is 9.59 Å². The molecule has 0 aliphatic heterocycles. The van der Waals surface area contributed by atoms with E-state index >= 15 is 0 Å². The minimum atomic E-state index is -0.431. The summed E-state index contributed by atoms with van der Waals surface area (Å²) in [4.78, 5) is 23.4. The second-order valence-electron chi connectivity index (χ2n) is 4.12. The molecule has 7 heteroatoms. The van der Waals surface area contributed by atoms with Crippen LogP contribution in [0.2, 0.25) is 0 Å². The van der Waals surface area contributed by atoms with Crippen LogP contribution in [-0.2, 0) is 4.79 Å². The van der Waals surface area contributed by atoms with Crippen molar-refractivity contribution in [3.8, 4) is 5.75 Å². The highest BCUT2D eigenvalue weighted by molar-refractivity contribution is 9.11. The van der Waals surface area contributed by atoms with Crippen molar-refractivity contribution in [2.24, 2.45) is 5.73 Å². The molecule has 0 saturated carbocycles. The fraction of sp³-hybridized carbons (Fsp3) is 0.143. The SMILES string of the molecule is NC(=O)CCOc1ccccc1NC(=O)c1ccc(Br)s1. The zero-order valence-corrected chi connectivity index (χ0v) is 13.4. The maximum absolute atomic E-state index is 12.1. The van der Waals surface area contributed by atoms with Crippen molar-refractivity contribution in [1.82, 2.24) is 0 Å². The lowest BCUT2D eigenvalue weighted by Gasteiger charge is -2.11. The molecule has 0 spiro atoms. The molecule has 2 amide bonds. The summed E-state index contributed by atoms with van der Waals surface area (Å²) in [6.07, 6.45) is 0.125. The predicted molar refractivity (Wildman–Crippen MR) is 85.7 cm³/mol. The number of nitrogens with two attached hydrogens (primary N) is 1. The van der Waals surface area contributed by atoms with Gasteiger partial charge in [0.25, 0.3) is 5.91 Å². The lowest BCUT2D eigenvalue weighted by molar-refractivity contribution is -0.118. The molecular formula is C14H13BrN2O3S. The Morgan fingerprint density at radius 3 is 2.67 bits per heavy atom. The molecule has 0 saturated heterocycles. The normalized spacial score (nSPS) is 10.1. The summed E-state index contributed by atoms with van der Waals surface area (Å²) in [5.41, 5.74) is 5.61. The molecule has 0 radical (unpaired) electrons. The Balaban J connectivity index is 2.05. The van der Waals surface area contributed by atoms with Crippen LogP contribution < -0.4 is 15.8 Å². The van der Waals surface area contributed by atoms with Crippen molar-refractivity contribution in [2.45, 2.75) is 6.42 Å². The standard InChI is InChI=1S/C14H13BrN2O3S/c15-12-6-5-11(21-12)14(19)17-9-3-1-2-4-10(9)20-8-7-13(16)18/h1-6H,7-8H2,(H2,16,18)(H,17,19). The van der Waals surface area contributed by atoms with E-state index in [0.717, 1.165) is 3.79 Å². The van der Waals surface area contributed by atoms with Gasteiger partial charge in [-0.2, -0.15) is 0 Å². The van der Waals surface area contributed by atoms with Crippen LogP contribution in [0.25, 0.3) is 0 Å². The predicted octanol–water partition coefficient (Wildman–Crippen LogP) is 3.02. The minimum absolute atomic E-state index is 0.125. The second kappa shape index (κ2) is 7.24. The van der Waals surface area contributed by atoms with Crippen LogP contribution in [0.5, 0.6) is 5.75 Å². The van der Waals surface area contributed by atoms with Crippen LogP contribution in [0.15, 0.2) is 40.2 Å². The largest absolute Gasteiger partial charge is 0.491 e. The van der Waals surface area contributed by atoms with Crippen molar-refractivity contribution < 1.29 is 14.3 Å². The Kier molecular flexibility index (Phi) is 5.35. The Hall–Kier alpha value is -1.86. The van der Waals surface area contributed by atoms with Gasteiger partial charge in [-0.25, -0.2) is 0 Å². The highest BCUT2D eigenvalue weighted by Crippen LogP contribution is 2.27. The van der Waals surface area contributed by atoms with Gasteiger partial charge in [0.1, 0.15) is 5.75 Å². The van der Waals surface area contributed by atoms with Crippen LogP contribution >= 0.6 is 27.3 Å². The molecular weight excluding hydrogens is 356 g/mol. The van der Waals surface area contributed by atoms with E-state index in [2.05, 4.69) is 21.2 Å². The lowest BCUT2D eigenvalue weighted by Crippen LogP contribution is -2.15. The third-order valence-electron chi connectivity index (χ3n) is 2.54. The number of halogens is 1. The van der Waals surface area contributed by atoms with Gasteiger partial charge in [-0.05, 0) is 40.2 Å². The average molecular weight is 369 g/mol. The van der Waals surface area contributed by atoms with Crippen molar-refractivity contribution in [3.63, 3.8) is 0 Å². The zero-order chi connectivity index (χ0) is 15.2. The Bertz CT molecular complexity index is 657. The maximum atomic E-state index is 12.1. The first-order valence-corrected chi connectivity index (χ1v) is 7.74. The first kappa shape index (κ1) is 15.5. The Morgan fingerprint density at radius 1 is 1.24 bits per heavy atom. The molecule has 21 heavy (non-hydrogen) atoms. The fourth-order valence-electron chi connectivity index (χ4n) is 1.58. The minimum Gasteiger partial charge on any atom is -0.491 e. The van der Waals surface area contributed by atoms with Gasteiger partial charge in [-0.15, -0.1) is 11.3 Å². The number of hydrogen-bond donors (Lipinski definition) is 2. The number of anilines is 1. The lowest BCUT2D eigenvalue weighted by atomic mass is 10.3. The van der Waals surface area contributed by atoms with Gasteiger partial charge in [0.2, 0.25) is 5.91 Å². The van der Waals surface area contributed by atoms with Crippen LogP contribution in [-0.4, -0.2) is 18.4 Å². The highest BCUT2D eigenvalue weighted by Gasteiger charge is 2.11. The summed E-state index contributed by atoms with van der Waals surface area (Å²) >= 11 is 4.66. The number of primary amides is 1. The molecule has 1 aromatic heterocycles. The number of rotatable bonds is 6. The van der Waals surface area contributed by atoms with E-state index in [1.807, 2.05) is 6.07 Å². The van der Waals surface area contributed by atoms with E-state index < -0.39 is 5.91 Å². The summed E-state index contributed by atoms with van der Waals surface area (Å²) < 4.78 is 6.36. The number of carbonyl (C=O) groups excluding carboxylic acids is 2. The average Bonchev–Trinajstić information content (AvgIpc) is 2.87. The molecule has 5 nitrogen and oxygen atoms in total. The van der Waals surface area contributed by atoms with Gasteiger partial charge < -0.3 is 15.8 Å². The summed E-state index contributed by atoms with van der Waals surface area (Å²) in [7, 11) is 0. The molecule has 0 aliphatic carbocycles. The molecule has 2 rings (SSSR count). The molecule has 0 aliphatic rings. The highest BCUT2D eigenvalue weighted by atomic mass is 79.9. The van der Waals surface area contributed by atoms with E-state index in [9.17, 15) is 9.59 Å². The molecule has 110 valence electrons. The number of benzene rings is 1. The Labute approximate surface area is 134 Å². The monoisotopic (exact) mass is 368 g/mol. The van der Waals surface area contributed by atoms with Crippen molar-refractivity contribution >= 4 is 44.8 Å². The summed E-state index contributed by atoms with van der Waals surface area (Å²) in [5.74, 6) is -0.140. The van der Waals surface area contributed by atoms with Crippen molar-refractivity contribution in [3.05, 3.63) is 45.1 Å². The van der Waals surface area contributed by atoms with Crippen molar-refractivity contribution in [2.75, 3.05) is 11.9 Å². The molecule has 0 unspecified atom stereocenters. The van der Waals surface area contributed by atoms with E-state index in [1.165, 1.54) is 11.3 Å². The van der Waals surface area contributed by atoms with Crippen molar-refractivity contribution in [1.29, 1.82) is 0 Å². The number of ether oxygens (including phenoxy) is 1. The molecule has 3 N–H and O–H groups in total. The summed E-state index contributed by atoms with van der Waals surface area (Å²) in [6.45, 7) is 0.173. The quantitative estimate of drug-likeness (QED) is 0.821. The number of amides is 2. The molecule has 0 fully saturated rings. The van der Waals surface area contributed by atoms with Gasteiger partial charge in [0.15, 0.2) is 0 Å². The number of thiophene rings is 1. The van der Waals surface area contributed by atoms with E-state index in [4.69, 9.17) is 10.5 Å². The maximum Gasteiger partial charge on any atom is 0.265 e. The van der Waals surface area contributed by atoms with Gasteiger partial charge >= 0.3 is 0 Å². The number of nitrogens with one attached hydrogen (secondary N) is 1. The van der Waals surface area contributed by atoms with Crippen LogP contribution in [0.3, 0.4) is 0 Å². The fourth-order valence-corrected chi connectivity index (χ4v) is 2.86. The van der Waals surface area contributed by atoms with Crippen LogP contribution in [0.4, 0.5) is 5.69 Å². The Morgan fingerprint density at radius 2 is 2.00 bits per heavy atom. The molecule has 0 bridgehead atoms. The third-order valence-corrected chi connectivity index (χ3v) is 4.16.